The van der Waals surface area contributed by atoms with Crippen LogP contribution in [0.2, 0.25) is 0 Å². The van der Waals surface area contributed by atoms with Crippen LogP contribution in [-0.4, -0.2) is 21.7 Å². The van der Waals surface area contributed by atoms with Crippen LogP contribution in [0.3, 0.4) is 0 Å². The van der Waals surface area contributed by atoms with Crippen LogP contribution in [-0.2, 0) is 4.79 Å². The highest BCUT2D eigenvalue weighted by Crippen LogP contribution is 2.16. The molecule has 1 heterocycles. The van der Waals surface area contributed by atoms with Crippen LogP contribution in [0.5, 0.6) is 5.75 Å². The summed E-state index contributed by atoms with van der Waals surface area (Å²) in [5, 5.41) is 8.76. The Morgan fingerprint density at radius 1 is 1.46 bits per heavy atom. The molecule has 1 rings (SSSR count). The molecule has 0 amide bonds. The molecule has 0 aliphatic rings. The van der Waals surface area contributed by atoms with E-state index in [9.17, 15) is 4.79 Å². The number of rotatable bonds is 3. The number of aromatic nitrogens is 1. The van der Waals surface area contributed by atoms with Crippen LogP contribution in [0.25, 0.3) is 0 Å². The molecule has 0 atom stereocenters. The van der Waals surface area contributed by atoms with E-state index in [1.54, 1.807) is 24.5 Å². The Morgan fingerprint density at radius 2 is 2.00 bits per heavy atom. The molecule has 0 bridgehead atoms. The van der Waals surface area contributed by atoms with Gasteiger partial charge in [0.05, 0.1) is 0 Å². The summed E-state index contributed by atoms with van der Waals surface area (Å²) in [4.78, 5) is 14.5. The van der Waals surface area contributed by atoms with Gasteiger partial charge in [0.1, 0.15) is 5.75 Å². The first-order chi connectivity index (χ1) is 6.02. The van der Waals surface area contributed by atoms with Crippen LogP contribution in [0, 0.1) is 0 Å². The number of pyridine rings is 1. The predicted octanol–water partition coefficient (Wildman–Crippen LogP) is 1.32. The number of nitrogens with zero attached hydrogens (tertiary/aromatic N) is 1. The van der Waals surface area contributed by atoms with Crippen molar-refractivity contribution in [2.75, 3.05) is 0 Å². The van der Waals surface area contributed by atoms with Gasteiger partial charge in [-0.15, -0.1) is 0 Å². The molecule has 0 aliphatic carbocycles. The normalized spacial score (nSPS) is 10.9. The average Bonchev–Trinajstić information content (AvgIpc) is 2.05. The van der Waals surface area contributed by atoms with Gasteiger partial charge in [0.25, 0.3) is 0 Å². The lowest BCUT2D eigenvalue weighted by atomic mass is 10.1. The van der Waals surface area contributed by atoms with Gasteiger partial charge in [-0.3, -0.25) is 4.98 Å². The van der Waals surface area contributed by atoms with Crippen molar-refractivity contribution in [3.8, 4) is 5.75 Å². The summed E-state index contributed by atoms with van der Waals surface area (Å²) in [5.74, 6) is -0.494. The number of carboxylic acid groups (broad SMARTS) is 1. The van der Waals surface area contributed by atoms with Crippen LogP contribution >= 0.6 is 0 Å². The highest BCUT2D eigenvalue weighted by Gasteiger charge is 2.29. The van der Waals surface area contributed by atoms with Gasteiger partial charge in [-0.25, -0.2) is 4.79 Å². The Hall–Kier alpha value is -1.58. The minimum atomic E-state index is -1.21. The number of hydrogen-bond acceptors (Lipinski definition) is 3. The van der Waals surface area contributed by atoms with E-state index < -0.39 is 11.6 Å². The molecule has 0 fully saturated rings. The van der Waals surface area contributed by atoms with E-state index in [1.807, 2.05) is 0 Å². The second-order valence-corrected chi connectivity index (χ2v) is 3.10. The molecule has 1 aromatic rings. The van der Waals surface area contributed by atoms with Gasteiger partial charge in [0.15, 0.2) is 5.60 Å². The van der Waals surface area contributed by atoms with Crippen molar-refractivity contribution in [3.05, 3.63) is 24.5 Å². The van der Waals surface area contributed by atoms with Gasteiger partial charge in [0.2, 0.25) is 0 Å². The summed E-state index contributed by atoms with van der Waals surface area (Å²) >= 11 is 0. The van der Waals surface area contributed by atoms with E-state index in [0.717, 1.165) is 0 Å². The van der Waals surface area contributed by atoms with Crippen molar-refractivity contribution in [1.29, 1.82) is 0 Å². The Balaban J connectivity index is 2.75. The first-order valence-corrected chi connectivity index (χ1v) is 3.85. The predicted molar refractivity (Wildman–Crippen MR) is 46.6 cm³/mol. The minimum absolute atomic E-state index is 0.502. The Labute approximate surface area is 76.2 Å². The molecule has 0 aliphatic heterocycles. The van der Waals surface area contributed by atoms with Gasteiger partial charge in [0, 0.05) is 12.4 Å². The van der Waals surface area contributed by atoms with Crippen molar-refractivity contribution in [3.63, 3.8) is 0 Å². The number of hydrogen-bond donors (Lipinski definition) is 1. The topological polar surface area (TPSA) is 59.4 Å². The highest BCUT2D eigenvalue weighted by molar-refractivity contribution is 5.76. The van der Waals surface area contributed by atoms with Gasteiger partial charge in [-0.1, -0.05) is 0 Å². The van der Waals surface area contributed by atoms with Crippen molar-refractivity contribution >= 4 is 5.97 Å². The lowest BCUT2D eigenvalue weighted by Crippen LogP contribution is -2.37. The molecule has 4 nitrogen and oxygen atoms in total. The van der Waals surface area contributed by atoms with Crippen molar-refractivity contribution < 1.29 is 14.6 Å². The zero-order valence-electron chi connectivity index (χ0n) is 7.52. The summed E-state index contributed by atoms with van der Waals surface area (Å²) in [6, 6.07) is 3.23. The second kappa shape index (κ2) is 3.43. The summed E-state index contributed by atoms with van der Waals surface area (Å²) in [6.45, 7) is 2.99. The van der Waals surface area contributed by atoms with Crippen LogP contribution in [0.4, 0.5) is 0 Å². The first-order valence-electron chi connectivity index (χ1n) is 3.85. The van der Waals surface area contributed by atoms with Gasteiger partial charge in [-0.05, 0) is 26.0 Å². The molecule has 0 radical (unpaired) electrons. The third-order valence-electron chi connectivity index (χ3n) is 1.54. The fraction of sp³-hybridized carbons (Fsp3) is 0.333. The molecule has 1 N–H and O–H groups in total. The smallest absolute Gasteiger partial charge is 0.347 e. The van der Waals surface area contributed by atoms with Crippen LogP contribution < -0.4 is 4.74 Å². The third kappa shape index (κ3) is 2.43. The SMILES string of the molecule is CC(C)(Oc1ccncc1)C(=O)O. The zero-order chi connectivity index (χ0) is 9.90. The maximum atomic E-state index is 10.7. The van der Waals surface area contributed by atoms with Crippen LogP contribution in [0.1, 0.15) is 13.8 Å². The minimum Gasteiger partial charge on any atom is -0.478 e. The molecule has 13 heavy (non-hydrogen) atoms. The molecule has 0 spiro atoms. The average molecular weight is 181 g/mol. The molecule has 0 saturated carbocycles. The molecule has 70 valence electrons. The van der Waals surface area contributed by atoms with E-state index in [1.165, 1.54) is 13.8 Å². The summed E-state index contributed by atoms with van der Waals surface area (Å²) in [6.07, 6.45) is 3.10. The second-order valence-electron chi connectivity index (χ2n) is 3.10. The van der Waals surface area contributed by atoms with Gasteiger partial charge < -0.3 is 9.84 Å². The number of carbonyl (C=O) groups is 1. The maximum absolute atomic E-state index is 10.7. The highest BCUT2D eigenvalue weighted by atomic mass is 16.5. The fourth-order valence-electron chi connectivity index (χ4n) is 0.745. The standard InChI is InChI=1S/C9H11NO3/c1-9(2,8(11)12)13-7-3-5-10-6-4-7/h3-6H,1-2H3,(H,11,12). The van der Waals surface area contributed by atoms with E-state index in [0.29, 0.717) is 5.75 Å². The van der Waals surface area contributed by atoms with Gasteiger partial charge in [-0.2, -0.15) is 0 Å². The molecule has 1 aromatic heterocycles. The Bertz CT molecular complexity index is 295. The molecular weight excluding hydrogens is 170 g/mol. The number of aliphatic carboxylic acids is 1. The van der Waals surface area contributed by atoms with Gasteiger partial charge >= 0.3 is 5.97 Å². The van der Waals surface area contributed by atoms with E-state index in [-0.39, 0.29) is 0 Å². The van der Waals surface area contributed by atoms with Crippen LogP contribution in [0.15, 0.2) is 24.5 Å². The van der Waals surface area contributed by atoms with E-state index in [2.05, 4.69) is 4.98 Å². The lowest BCUT2D eigenvalue weighted by Gasteiger charge is -2.20. The lowest BCUT2D eigenvalue weighted by molar-refractivity contribution is -0.152. The summed E-state index contributed by atoms with van der Waals surface area (Å²) in [5.41, 5.74) is -1.21. The Kier molecular flexibility index (Phi) is 2.51. The number of carboxylic acids is 1. The first kappa shape index (κ1) is 9.51. The maximum Gasteiger partial charge on any atom is 0.347 e. The van der Waals surface area contributed by atoms with E-state index in [4.69, 9.17) is 9.84 Å². The molecule has 0 aromatic carbocycles. The molecule has 0 unspecified atom stereocenters. The molecular formula is C9H11NO3. The molecule has 0 saturated heterocycles. The van der Waals surface area contributed by atoms with Crippen molar-refractivity contribution in [1.82, 2.24) is 4.98 Å². The summed E-state index contributed by atoms with van der Waals surface area (Å²) < 4.78 is 5.22. The monoisotopic (exact) mass is 181 g/mol. The third-order valence-corrected chi connectivity index (χ3v) is 1.54. The quantitative estimate of drug-likeness (QED) is 0.764. The van der Waals surface area contributed by atoms with Crippen molar-refractivity contribution in [2.45, 2.75) is 19.4 Å². The number of ether oxygens (including phenoxy) is 1. The largest absolute Gasteiger partial charge is 0.478 e. The fourth-order valence-corrected chi connectivity index (χ4v) is 0.745. The molecule has 4 heteroatoms. The zero-order valence-corrected chi connectivity index (χ0v) is 7.52. The Morgan fingerprint density at radius 3 is 2.46 bits per heavy atom. The van der Waals surface area contributed by atoms with Crippen molar-refractivity contribution in [2.24, 2.45) is 0 Å². The van der Waals surface area contributed by atoms with E-state index >= 15 is 0 Å². The summed E-state index contributed by atoms with van der Waals surface area (Å²) in [7, 11) is 0.